The van der Waals surface area contributed by atoms with Crippen molar-refractivity contribution in [1.29, 1.82) is 0 Å². The Morgan fingerprint density at radius 2 is 1.81 bits per heavy atom. The molecule has 1 aromatic carbocycles. The molecule has 0 radical (unpaired) electrons. The Bertz CT molecular complexity index is 663. The second-order valence-corrected chi connectivity index (χ2v) is 7.06. The summed E-state index contributed by atoms with van der Waals surface area (Å²) in [6, 6.07) is 5.76. The molecular formula is C23H32N2O. The van der Waals surface area contributed by atoms with Crippen LogP contribution in [0.15, 0.2) is 64.5 Å². The minimum atomic E-state index is 0.182. The molecule has 0 aliphatic heterocycles. The highest BCUT2D eigenvalue weighted by Gasteiger charge is 2.13. The van der Waals surface area contributed by atoms with Gasteiger partial charge in [0.05, 0.1) is 5.70 Å². The Hall–Kier alpha value is -2.16. The molecule has 0 heterocycles. The molecule has 3 nitrogen and oxygen atoms in total. The van der Waals surface area contributed by atoms with Crippen molar-refractivity contribution in [2.45, 2.75) is 65.2 Å². The molecule has 3 heteroatoms. The normalized spacial score (nSPS) is 18.0. The maximum atomic E-state index is 10.1. The van der Waals surface area contributed by atoms with Crippen LogP contribution in [0.4, 0.5) is 5.69 Å². The van der Waals surface area contributed by atoms with Crippen LogP contribution in [0.25, 0.3) is 0 Å². The standard InChI is InChI=1S/C23H32N2O/c1-3-5-14-21(11-4-2)24-25-22-18-20(15-16-23(22)26)17-19-12-9-7-6-8-10-13-19/h3-5,11,14-16,18-19,26H,6-10,12-13,17H2,1-2H3/b5-3-,11-4-,21-14+,25-24+. The number of allylic oxidation sites excluding steroid dienone is 5. The van der Waals surface area contributed by atoms with Crippen molar-refractivity contribution >= 4 is 5.69 Å². The lowest BCUT2D eigenvalue weighted by atomic mass is 9.86. The molecule has 1 saturated carbocycles. The number of rotatable bonds is 6. The van der Waals surface area contributed by atoms with E-state index in [-0.39, 0.29) is 5.75 Å². The lowest BCUT2D eigenvalue weighted by Gasteiger charge is -2.19. The van der Waals surface area contributed by atoms with E-state index in [4.69, 9.17) is 0 Å². The zero-order chi connectivity index (χ0) is 18.6. The Kier molecular flexibility index (Phi) is 8.88. The lowest BCUT2D eigenvalue weighted by Crippen LogP contribution is -2.07. The molecule has 1 fully saturated rings. The number of azo groups is 1. The molecule has 0 unspecified atom stereocenters. The number of aromatic hydroxyl groups is 1. The van der Waals surface area contributed by atoms with E-state index in [9.17, 15) is 5.11 Å². The van der Waals surface area contributed by atoms with Crippen LogP contribution in [0.3, 0.4) is 0 Å². The topological polar surface area (TPSA) is 45.0 Å². The first-order valence-corrected chi connectivity index (χ1v) is 9.92. The van der Waals surface area contributed by atoms with Crippen molar-refractivity contribution in [1.82, 2.24) is 0 Å². The zero-order valence-corrected chi connectivity index (χ0v) is 16.2. The average Bonchev–Trinajstić information content (AvgIpc) is 2.61. The Morgan fingerprint density at radius 3 is 2.50 bits per heavy atom. The van der Waals surface area contributed by atoms with E-state index in [1.54, 1.807) is 6.07 Å². The van der Waals surface area contributed by atoms with Crippen LogP contribution >= 0.6 is 0 Å². The van der Waals surface area contributed by atoms with Gasteiger partial charge < -0.3 is 5.11 Å². The molecular weight excluding hydrogens is 320 g/mol. The first kappa shape index (κ1) is 20.2. The van der Waals surface area contributed by atoms with Crippen LogP contribution in [-0.2, 0) is 6.42 Å². The van der Waals surface area contributed by atoms with E-state index >= 15 is 0 Å². The Labute approximate surface area is 158 Å². The molecule has 1 aromatic rings. The van der Waals surface area contributed by atoms with Gasteiger partial charge in [-0.25, -0.2) is 0 Å². The number of phenols is 1. The van der Waals surface area contributed by atoms with Gasteiger partial charge in [-0.05, 0) is 56.0 Å². The van der Waals surface area contributed by atoms with Gasteiger partial charge in [-0.1, -0.05) is 69.2 Å². The van der Waals surface area contributed by atoms with Gasteiger partial charge in [0.15, 0.2) is 0 Å². The SMILES string of the molecule is C\C=C/C=C(\C=C/C)/N=N/c1cc(CC2CCCCCCC2)ccc1O. The van der Waals surface area contributed by atoms with Gasteiger partial charge in [-0.3, -0.25) is 0 Å². The van der Waals surface area contributed by atoms with Gasteiger partial charge >= 0.3 is 0 Å². The maximum absolute atomic E-state index is 10.1. The highest BCUT2D eigenvalue weighted by Crippen LogP contribution is 2.31. The Morgan fingerprint density at radius 1 is 1.08 bits per heavy atom. The van der Waals surface area contributed by atoms with E-state index in [2.05, 4.69) is 10.2 Å². The molecule has 1 N–H and O–H groups in total. The molecule has 0 spiro atoms. The summed E-state index contributed by atoms with van der Waals surface area (Å²) in [7, 11) is 0. The quantitative estimate of drug-likeness (QED) is 0.420. The number of benzene rings is 1. The van der Waals surface area contributed by atoms with Gasteiger partial charge in [0.2, 0.25) is 0 Å². The van der Waals surface area contributed by atoms with Gasteiger partial charge in [0.25, 0.3) is 0 Å². The van der Waals surface area contributed by atoms with Crippen LogP contribution in [-0.4, -0.2) is 5.11 Å². The largest absolute Gasteiger partial charge is 0.506 e. The molecule has 0 amide bonds. The summed E-state index contributed by atoms with van der Waals surface area (Å²) in [6.45, 7) is 3.91. The summed E-state index contributed by atoms with van der Waals surface area (Å²) < 4.78 is 0. The zero-order valence-electron chi connectivity index (χ0n) is 16.2. The number of hydrogen-bond donors (Lipinski definition) is 1. The predicted molar refractivity (Wildman–Crippen MR) is 110 cm³/mol. The first-order chi connectivity index (χ1) is 12.7. The van der Waals surface area contributed by atoms with Crippen molar-refractivity contribution < 1.29 is 5.11 Å². The molecule has 2 rings (SSSR count). The second-order valence-electron chi connectivity index (χ2n) is 7.06. The predicted octanol–water partition coefficient (Wildman–Crippen LogP) is 7.42. The number of hydrogen-bond acceptors (Lipinski definition) is 3. The van der Waals surface area contributed by atoms with Crippen molar-refractivity contribution in [3.8, 4) is 5.75 Å². The molecule has 26 heavy (non-hydrogen) atoms. The van der Waals surface area contributed by atoms with E-state index in [1.807, 2.05) is 56.4 Å². The average molecular weight is 353 g/mol. The van der Waals surface area contributed by atoms with Gasteiger partial charge in [-0.2, -0.15) is 5.11 Å². The van der Waals surface area contributed by atoms with Crippen LogP contribution < -0.4 is 0 Å². The third-order valence-electron chi connectivity index (χ3n) is 4.86. The van der Waals surface area contributed by atoms with Crippen molar-refractivity contribution in [2.24, 2.45) is 16.1 Å². The van der Waals surface area contributed by atoms with Crippen LogP contribution in [0, 0.1) is 5.92 Å². The number of nitrogens with zero attached hydrogens (tertiary/aromatic N) is 2. The molecule has 1 aliphatic carbocycles. The van der Waals surface area contributed by atoms with Crippen molar-refractivity contribution in [3.05, 3.63) is 59.8 Å². The summed E-state index contributed by atoms with van der Waals surface area (Å²) in [5.74, 6) is 0.929. The molecule has 140 valence electrons. The minimum Gasteiger partial charge on any atom is -0.506 e. The molecule has 0 saturated heterocycles. The van der Waals surface area contributed by atoms with E-state index < -0.39 is 0 Å². The van der Waals surface area contributed by atoms with Crippen molar-refractivity contribution in [2.75, 3.05) is 0 Å². The summed E-state index contributed by atoms with van der Waals surface area (Å²) in [6.07, 6.45) is 20.1. The molecule has 0 aromatic heterocycles. The third kappa shape index (κ3) is 6.99. The number of phenolic OH excluding ortho intramolecular Hbond substituents is 1. The third-order valence-corrected chi connectivity index (χ3v) is 4.86. The monoisotopic (exact) mass is 352 g/mol. The van der Waals surface area contributed by atoms with Crippen molar-refractivity contribution in [3.63, 3.8) is 0 Å². The van der Waals surface area contributed by atoms with Gasteiger partial charge in [-0.15, -0.1) is 5.11 Å². The summed E-state index contributed by atoms with van der Waals surface area (Å²) in [5.41, 5.74) is 2.55. The summed E-state index contributed by atoms with van der Waals surface area (Å²) >= 11 is 0. The van der Waals surface area contributed by atoms with E-state index in [0.29, 0.717) is 5.69 Å². The van der Waals surface area contributed by atoms with E-state index in [1.165, 1.54) is 50.5 Å². The van der Waals surface area contributed by atoms with Gasteiger partial charge in [0, 0.05) is 0 Å². The summed E-state index contributed by atoms with van der Waals surface area (Å²) in [4.78, 5) is 0. The minimum absolute atomic E-state index is 0.182. The highest BCUT2D eigenvalue weighted by molar-refractivity contribution is 5.52. The Balaban J connectivity index is 2.11. The summed E-state index contributed by atoms with van der Waals surface area (Å²) in [5, 5.41) is 18.7. The fourth-order valence-electron chi connectivity index (χ4n) is 3.45. The van der Waals surface area contributed by atoms with E-state index in [0.717, 1.165) is 18.0 Å². The fourth-order valence-corrected chi connectivity index (χ4v) is 3.45. The maximum Gasteiger partial charge on any atom is 0.143 e. The highest BCUT2D eigenvalue weighted by atomic mass is 16.3. The lowest BCUT2D eigenvalue weighted by molar-refractivity contribution is 0.376. The molecule has 0 bridgehead atoms. The van der Waals surface area contributed by atoms with Crippen LogP contribution in [0.5, 0.6) is 5.75 Å². The smallest absolute Gasteiger partial charge is 0.143 e. The van der Waals surface area contributed by atoms with Crippen LogP contribution in [0.1, 0.15) is 64.4 Å². The molecule has 1 aliphatic rings. The first-order valence-electron chi connectivity index (χ1n) is 9.92. The second kappa shape index (κ2) is 11.5. The molecule has 0 atom stereocenters. The van der Waals surface area contributed by atoms with Gasteiger partial charge in [0.1, 0.15) is 11.4 Å². The fraction of sp³-hybridized carbons (Fsp3) is 0.478. The van der Waals surface area contributed by atoms with Crippen LogP contribution in [0.2, 0.25) is 0 Å².